The smallest absolute Gasteiger partial charge is 0.295 e. The third kappa shape index (κ3) is 14.5. The number of aliphatic hydroxyl groups excluding tert-OH is 3. The first-order valence-electron chi connectivity index (χ1n) is 22.3. The number of azo groups is 1. The number of hydrogen-bond donors (Lipinski definition) is 9. The molecule has 6 rings (SSSR count). The van der Waals surface area contributed by atoms with Crippen LogP contribution in [0, 0.1) is 0 Å². The van der Waals surface area contributed by atoms with E-state index in [1.165, 1.54) is 22.9 Å². The molecule has 1 unspecified atom stereocenters. The summed E-state index contributed by atoms with van der Waals surface area (Å²) in [5.41, 5.74) is 1.20. The maximum Gasteiger partial charge on any atom is 0.295 e. The minimum Gasteiger partial charge on any atom is -0.394 e. The quantitative estimate of drug-likeness (QED) is 0.0183. The number of hydrogen-bond acceptors (Lipinski definition) is 19. The molecule has 0 bridgehead atoms. The Morgan fingerprint density at radius 2 is 1.58 bits per heavy atom. The molecule has 0 aliphatic carbocycles. The molecule has 9 N–H and O–H groups in total. The second-order valence-electron chi connectivity index (χ2n) is 16.7. The molecule has 4 aromatic carbocycles. The molecule has 0 saturated carbocycles. The van der Waals surface area contributed by atoms with Gasteiger partial charge in [0.15, 0.2) is 18.2 Å². The van der Waals surface area contributed by atoms with Crippen LogP contribution in [0.2, 0.25) is 0 Å². The first-order chi connectivity index (χ1) is 33.8. The molecule has 5 aromatic rings. The number of carbonyl (C=O) groups excluding carboxylic acids is 3. The average molecular weight is 1010 g/mol. The molecule has 1 aliphatic heterocycles. The zero-order chi connectivity index (χ0) is 51.3. The summed E-state index contributed by atoms with van der Waals surface area (Å²) in [5.74, 6) is -1.96. The summed E-state index contributed by atoms with van der Waals surface area (Å²) in [6, 6.07) is 22.0. The van der Waals surface area contributed by atoms with E-state index in [4.69, 9.17) is 18.9 Å². The lowest BCUT2D eigenvalue weighted by molar-refractivity contribution is -0.336. The van der Waals surface area contributed by atoms with Crippen molar-refractivity contribution in [1.82, 2.24) is 30.9 Å². The average Bonchev–Trinajstić information content (AvgIpc) is 3.81. The van der Waals surface area contributed by atoms with E-state index in [1.807, 2.05) is 43.3 Å². The second-order valence-corrected chi connectivity index (χ2v) is 18.0. The number of amides is 3. The monoisotopic (exact) mass is 1010 g/mol. The Balaban J connectivity index is 1.00. The molecule has 7 atom stereocenters. The number of ether oxygens (including phenoxy) is 4. The van der Waals surface area contributed by atoms with Gasteiger partial charge in [0.1, 0.15) is 34.9 Å². The van der Waals surface area contributed by atoms with Crippen LogP contribution in [0.25, 0.3) is 10.8 Å². The van der Waals surface area contributed by atoms with E-state index in [-0.39, 0.29) is 62.2 Å². The van der Waals surface area contributed by atoms with Crippen molar-refractivity contribution >= 4 is 61.4 Å². The van der Waals surface area contributed by atoms with Gasteiger partial charge in [0, 0.05) is 61.8 Å². The Labute approximate surface area is 408 Å². The van der Waals surface area contributed by atoms with Crippen molar-refractivity contribution in [1.29, 1.82) is 0 Å². The molecule has 0 radical (unpaired) electrons. The fraction of sp³-hybridized carbons (Fsp3) is 0.413. The number of fused-ring (bicyclic) bond motifs is 1. The number of benzene rings is 4. The highest BCUT2D eigenvalue weighted by atomic mass is 32.2. The zero-order valence-corrected chi connectivity index (χ0v) is 40.1. The SMILES string of the molecule is CC(=O)N[C@H]1[C@H](O[C@@H](OCCOCCn2cc(CNC(=O)c3ccc(/N=N/c4ccc(N(C)C)cc4)cc3)nn2)C(C)(O)C(=O)NCCNc2cccc3c(S(=O)(=O)O)cccc23)O[C@H](CO)[C@@H](O)[C@@H]1O. The van der Waals surface area contributed by atoms with Crippen molar-refractivity contribution in [2.75, 3.05) is 63.8 Å². The Morgan fingerprint density at radius 1 is 0.901 bits per heavy atom. The van der Waals surface area contributed by atoms with Crippen LogP contribution in [0.4, 0.5) is 22.7 Å². The lowest BCUT2D eigenvalue weighted by atomic mass is 9.96. The van der Waals surface area contributed by atoms with Gasteiger partial charge in [-0.05, 0) is 67.6 Å². The minimum absolute atomic E-state index is 0.0790. The summed E-state index contributed by atoms with van der Waals surface area (Å²) >= 11 is 0. The van der Waals surface area contributed by atoms with Crippen molar-refractivity contribution in [2.45, 2.75) is 74.4 Å². The third-order valence-corrected chi connectivity index (χ3v) is 12.0. The Morgan fingerprint density at radius 3 is 2.24 bits per heavy atom. The molecule has 25 heteroatoms. The molecule has 2 heterocycles. The fourth-order valence-corrected chi connectivity index (χ4v) is 7.96. The van der Waals surface area contributed by atoms with E-state index in [9.17, 15) is 47.8 Å². The number of aliphatic hydroxyl groups is 4. The Bertz CT molecular complexity index is 2720. The van der Waals surface area contributed by atoms with Crippen molar-refractivity contribution in [3.63, 3.8) is 0 Å². The van der Waals surface area contributed by atoms with Crippen LogP contribution in [-0.2, 0) is 51.7 Å². The Kier molecular flexibility index (Phi) is 18.6. The van der Waals surface area contributed by atoms with Crippen LogP contribution in [0.3, 0.4) is 0 Å². The summed E-state index contributed by atoms with van der Waals surface area (Å²) in [4.78, 5) is 40.3. The van der Waals surface area contributed by atoms with Gasteiger partial charge in [-0.15, -0.1) is 5.10 Å². The molecule has 1 aromatic heterocycles. The maximum atomic E-state index is 13.6. The standard InChI is InChI=1S/C46H58N10O14S/c1-28(58)50-39-41(60)40(59)37(27-57)69-43(39)70-45(46(2,63)44(62)48-20-19-47-36-9-5-8-35-34(36)7-6-10-38(35)71(64,65)66)68-24-23-67-22-21-56-26-32(53-54-56)25-49-42(61)29-11-13-30(14-12-29)51-52-31-15-17-33(18-16-31)55(3)4/h5-18,26,37,39-41,43,45,47,57,59-60,63H,19-25,27H2,1-4H3,(H,48,62)(H,49,61)(H,50,58)(H,64,65,66)/b52-51+/t37-,39-,40-,41-,43+,45-,46?/m1/s1. The highest BCUT2D eigenvalue weighted by Gasteiger charge is 2.50. The summed E-state index contributed by atoms with van der Waals surface area (Å²) in [7, 11) is -0.611. The van der Waals surface area contributed by atoms with Gasteiger partial charge in [-0.2, -0.15) is 18.6 Å². The molecule has 0 spiro atoms. The van der Waals surface area contributed by atoms with Crippen LogP contribution in [-0.4, -0.2) is 162 Å². The lowest BCUT2D eigenvalue weighted by Gasteiger charge is -2.44. The number of nitrogens with zero attached hydrogens (tertiary/aromatic N) is 6. The lowest BCUT2D eigenvalue weighted by Crippen LogP contribution is -2.66. The molecular weight excluding hydrogens is 949 g/mol. The van der Waals surface area contributed by atoms with Crippen LogP contribution in [0.15, 0.2) is 106 Å². The summed E-state index contributed by atoms with van der Waals surface area (Å²) in [6.07, 6.45) is -6.64. The molecular formula is C46H58N10O14S. The molecule has 71 heavy (non-hydrogen) atoms. The first kappa shape index (κ1) is 53.8. The van der Waals surface area contributed by atoms with Crippen LogP contribution in [0.1, 0.15) is 29.9 Å². The van der Waals surface area contributed by atoms with Crippen LogP contribution in [0.5, 0.6) is 0 Å². The molecule has 24 nitrogen and oxygen atoms in total. The summed E-state index contributed by atoms with van der Waals surface area (Å²) in [5, 5.41) is 71.2. The van der Waals surface area contributed by atoms with E-state index >= 15 is 0 Å². The number of rotatable bonds is 24. The highest BCUT2D eigenvalue weighted by Crippen LogP contribution is 2.30. The van der Waals surface area contributed by atoms with Crippen LogP contribution < -0.4 is 26.2 Å². The molecule has 1 aliphatic rings. The third-order valence-electron chi connectivity index (χ3n) is 11.1. The molecule has 3 amide bonds. The van der Waals surface area contributed by atoms with Crippen molar-refractivity contribution in [2.24, 2.45) is 10.2 Å². The van der Waals surface area contributed by atoms with Crippen molar-refractivity contribution in [3.05, 3.63) is 102 Å². The van der Waals surface area contributed by atoms with Gasteiger partial charge >= 0.3 is 0 Å². The van der Waals surface area contributed by atoms with E-state index in [1.54, 1.807) is 48.7 Å². The van der Waals surface area contributed by atoms with Gasteiger partial charge in [0.25, 0.3) is 21.9 Å². The van der Waals surface area contributed by atoms with Gasteiger partial charge in [-0.1, -0.05) is 29.5 Å². The summed E-state index contributed by atoms with van der Waals surface area (Å²) in [6.45, 7) is 1.52. The molecule has 1 saturated heterocycles. The van der Waals surface area contributed by atoms with E-state index in [2.05, 4.69) is 41.8 Å². The van der Waals surface area contributed by atoms with Crippen molar-refractivity contribution < 1.29 is 66.7 Å². The van der Waals surface area contributed by atoms with Gasteiger partial charge in [0.2, 0.25) is 5.91 Å². The minimum atomic E-state index is -4.51. The normalized spacial score (nSPS) is 19.5. The van der Waals surface area contributed by atoms with Gasteiger partial charge < -0.3 is 65.5 Å². The van der Waals surface area contributed by atoms with E-state index in [0.717, 1.165) is 19.5 Å². The van der Waals surface area contributed by atoms with Gasteiger partial charge in [-0.3, -0.25) is 18.9 Å². The van der Waals surface area contributed by atoms with E-state index < -0.39 is 71.1 Å². The number of nitrogens with one attached hydrogen (secondary N) is 4. The predicted octanol–water partition coefficient (Wildman–Crippen LogP) is 1.39. The predicted molar refractivity (Wildman–Crippen MR) is 255 cm³/mol. The largest absolute Gasteiger partial charge is 0.394 e. The molecule has 1 fully saturated rings. The van der Waals surface area contributed by atoms with Crippen LogP contribution >= 0.6 is 0 Å². The van der Waals surface area contributed by atoms with E-state index in [0.29, 0.717) is 33.7 Å². The van der Waals surface area contributed by atoms with Gasteiger partial charge in [0.05, 0.1) is 57.1 Å². The highest BCUT2D eigenvalue weighted by molar-refractivity contribution is 7.86. The summed E-state index contributed by atoms with van der Waals surface area (Å²) < 4.78 is 58.2. The maximum absolute atomic E-state index is 13.6. The topological polar surface area (TPSA) is 330 Å². The van der Waals surface area contributed by atoms with Crippen molar-refractivity contribution in [3.8, 4) is 0 Å². The molecule has 382 valence electrons. The fourth-order valence-electron chi connectivity index (χ4n) is 7.25. The number of aromatic nitrogens is 3. The Hall–Kier alpha value is -6.52. The first-order valence-corrected chi connectivity index (χ1v) is 23.7. The number of carbonyl (C=O) groups is 3. The zero-order valence-electron chi connectivity index (χ0n) is 39.3. The number of anilines is 2. The second kappa shape index (κ2) is 24.5. The van der Waals surface area contributed by atoms with Gasteiger partial charge in [-0.25, -0.2) is 4.68 Å².